The number of para-hydroxylation sites is 1. The Morgan fingerprint density at radius 1 is 1.22 bits per heavy atom. The third-order valence-electron chi connectivity index (χ3n) is 4.42. The lowest BCUT2D eigenvalue weighted by molar-refractivity contribution is -0.131. The van der Waals surface area contributed by atoms with E-state index < -0.39 is 29.6 Å². The van der Waals surface area contributed by atoms with E-state index in [2.05, 4.69) is 15.2 Å². The average Bonchev–Trinajstić information content (AvgIpc) is 2.66. The van der Waals surface area contributed by atoms with Gasteiger partial charge in [-0.1, -0.05) is 12.1 Å². The fourth-order valence-electron chi connectivity index (χ4n) is 2.97. The minimum atomic E-state index is -1.26. The summed E-state index contributed by atoms with van der Waals surface area (Å²) in [4.78, 5) is 43.6. The molecule has 8 nitrogen and oxygen atoms in total. The minimum absolute atomic E-state index is 0.196. The van der Waals surface area contributed by atoms with Crippen molar-refractivity contribution < 1.29 is 23.5 Å². The second kappa shape index (κ2) is 8.83. The smallest absolute Gasteiger partial charge is 0.335 e. The highest BCUT2D eigenvalue weighted by Gasteiger charge is 2.41. The number of halogens is 1. The molecule has 0 aliphatic carbocycles. The molecule has 0 unspecified atom stereocenters. The molecule has 0 radical (unpaired) electrons. The largest absolute Gasteiger partial charge is 0.379 e. The zero-order chi connectivity index (χ0) is 19.2. The van der Waals surface area contributed by atoms with Crippen LogP contribution in [0.5, 0.6) is 0 Å². The number of carbonyl (C=O) groups is 3. The molecule has 1 aromatic carbocycles. The van der Waals surface area contributed by atoms with E-state index in [0.29, 0.717) is 11.4 Å². The molecule has 2 aliphatic heterocycles. The van der Waals surface area contributed by atoms with E-state index in [4.69, 9.17) is 4.74 Å². The number of morpholine rings is 1. The summed E-state index contributed by atoms with van der Waals surface area (Å²) in [6, 6.07) is 4.43. The van der Waals surface area contributed by atoms with E-state index >= 15 is 0 Å². The maximum absolute atomic E-state index is 14.0. The molecule has 2 fully saturated rings. The molecule has 9 heteroatoms. The summed E-state index contributed by atoms with van der Waals surface area (Å²) in [6.45, 7) is 4.51. The molecule has 2 saturated heterocycles. The molecule has 4 amide bonds. The number of barbiturate groups is 1. The van der Waals surface area contributed by atoms with Crippen molar-refractivity contribution in [3.8, 4) is 0 Å². The number of benzene rings is 1. The fraction of sp³-hybridized carbons (Fsp3) is 0.444. The minimum Gasteiger partial charge on any atom is -0.379 e. The van der Waals surface area contributed by atoms with Gasteiger partial charge in [0.05, 0.1) is 18.9 Å². The van der Waals surface area contributed by atoms with Crippen LogP contribution in [0.1, 0.15) is 6.42 Å². The average molecular weight is 376 g/mol. The van der Waals surface area contributed by atoms with Crippen LogP contribution >= 0.6 is 0 Å². The normalized spacial score (nSPS) is 21.7. The van der Waals surface area contributed by atoms with Gasteiger partial charge in [-0.2, -0.15) is 0 Å². The number of nitrogens with one attached hydrogen (secondary N) is 1. The van der Waals surface area contributed by atoms with Gasteiger partial charge in [0, 0.05) is 32.4 Å². The number of anilines is 1. The Bertz CT molecular complexity index is 749. The molecule has 0 aromatic heterocycles. The summed E-state index contributed by atoms with van der Waals surface area (Å²) in [7, 11) is 0. The third kappa shape index (κ3) is 4.55. The predicted molar refractivity (Wildman–Crippen MR) is 96.1 cm³/mol. The number of rotatable bonds is 6. The lowest BCUT2D eigenvalue weighted by atomic mass is 10.1. The number of carbonyl (C=O) groups excluding carboxylic acids is 3. The Morgan fingerprint density at radius 2 is 1.96 bits per heavy atom. The summed E-state index contributed by atoms with van der Waals surface area (Å²) in [5.74, 6) is -3.55. The van der Waals surface area contributed by atoms with Gasteiger partial charge in [0.2, 0.25) is 5.91 Å². The molecule has 2 heterocycles. The molecule has 3 rings (SSSR count). The Morgan fingerprint density at radius 3 is 2.70 bits per heavy atom. The van der Waals surface area contributed by atoms with Crippen molar-refractivity contribution in [2.24, 2.45) is 10.9 Å². The second-order valence-electron chi connectivity index (χ2n) is 6.26. The Kier molecular flexibility index (Phi) is 6.25. The molecule has 1 atom stereocenters. The summed E-state index contributed by atoms with van der Waals surface area (Å²) in [5, 5.41) is 2.08. The van der Waals surface area contributed by atoms with Gasteiger partial charge in [-0.15, -0.1) is 0 Å². The first-order valence-electron chi connectivity index (χ1n) is 8.81. The zero-order valence-electron chi connectivity index (χ0n) is 14.8. The van der Waals surface area contributed by atoms with E-state index in [0.717, 1.165) is 45.3 Å². The number of hydrogen-bond donors (Lipinski definition) is 1. The van der Waals surface area contributed by atoms with Crippen LogP contribution in [-0.2, 0) is 14.3 Å². The van der Waals surface area contributed by atoms with Crippen molar-refractivity contribution in [3.63, 3.8) is 0 Å². The quantitative estimate of drug-likeness (QED) is 0.451. The van der Waals surface area contributed by atoms with Crippen LogP contribution in [0.15, 0.2) is 29.3 Å². The van der Waals surface area contributed by atoms with Crippen LogP contribution in [0.25, 0.3) is 0 Å². The van der Waals surface area contributed by atoms with Crippen molar-refractivity contribution >= 4 is 29.7 Å². The van der Waals surface area contributed by atoms with Gasteiger partial charge >= 0.3 is 6.03 Å². The molecular formula is C18H21FN4O4. The lowest BCUT2D eigenvalue weighted by Crippen LogP contribution is -2.59. The second-order valence-corrected chi connectivity index (χ2v) is 6.26. The van der Waals surface area contributed by atoms with E-state index in [1.807, 2.05) is 0 Å². The highest BCUT2D eigenvalue weighted by molar-refractivity contribution is 6.32. The van der Waals surface area contributed by atoms with Crippen LogP contribution in [0, 0.1) is 11.7 Å². The van der Waals surface area contributed by atoms with Crippen LogP contribution in [0.2, 0.25) is 0 Å². The Labute approximate surface area is 156 Å². The highest BCUT2D eigenvalue weighted by atomic mass is 19.1. The summed E-state index contributed by atoms with van der Waals surface area (Å²) in [6.07, 6.45) is 2.01. The monoisotopic (exact) mass is 376 g/mol. The molecule has 0 saturated carbocycles. The number of hydrogen-bond acceptors (Lipinski definition) is 6. The molecule has 27 heavy (non-hydrogen) atoms. The highest BCUT2D eigenvalue weighted by Crippen LogP contribution is 2.23. The van der Waals surface area contributed by atoms with Gasteiger partial charge in [-0.05, 0) is 18.6 Å². The number of urea groups is 1. The molecule has 0 spiro atoms. The third-order valence-corrected chi connectivity index (χ3v) is 4.42. The van der Waals surface area contributed by atoms with Gasteiger partial charge in [0.25, 0.3) is 5.91 Å². The number of amides is 4. The number of aliphatic imine (C=N–C) groups is 1. The number of ether oxygens (including phenoxy) is 1. The van der Waals surface area contributed by atoms with E-state index in [1.165, 1.54) is 24.4 Å². The van der Waals surface area contributed by atoms with Crippen molar-refractivity contribution in [1.82, 2.24) is 10.2 Å². The van der Waals surface area contributed by atoms with Gasteiger partial charge in [-0.3, -0.25) is 24.8 Å². The van der Waals surface area contributed by atoms with Crippen molar-refractivity contribution in [1.29, 1.82) is 0 Å². The van der Waals surface area contributed by atoms with E-state index in [-0.39, 0.29) is 5.69 Å². The zero-order valence-corrected chi connectivity index (χ0v) is 14.8. The maximum Gasteiger partial charge on any atom is 0.335 e. The van der Waals surface area contributed by atoms with Gasteiger partial charge < -0.3 is 4.74 Å². The Hall–Kier alpha value is -2.65. The van der Waals surface area contributed by atoms with Gasteiger partial charge in [-0.25, -0.2) is 14.1 Å². The molecule has 1 N–H and O–H groups in total. The molecular weight excluding hydrogens is 355 g/mol. The van der Waals surface area contributed by atoms with E-state index in [9.17, 15) is 18.8 Å². The van der Waals surface area contributed by atoms with Crippen LogP contribution in [0.3, 0.4) is 0 Å². The van der Waals surface area contributed by atoms with E-state index in [1.54, 1.807) is 0 Å². The van der Waals surface area contributed by atoms with Crippen molar-refractivity contribution in [2.45, 2.75) is 6.42 Å². The van der Waals surface area contributed by atoms with Gasteiger partial charge in [0.1, 0.15) is 5.82 Å². The standard InChI is InChI=1S/C18H21FN4O4/c19-14-4-1-2-5-15(14)23-17(25)13(16(24)21-18(23)26)12-20-6-3-7-22-8-10-27-11-9-22/h1-2,4-5,12-13H,3,6-11H2,(H,21,24,26)/t13-/m0/s1. The van der Waals surface area contributed by atoms with Crippen LogP contribution in [-0.4, -0.2) is 68.4 Å². The first kappa shape index (κ1) is 19.1. The summed E-state index contributed by atoms with van der Waals surface area (Å²) >= 11 is 0. The predicted octanol–water partition coefficient (Wildman–Crippen LogP) is 0.818. The molecule has 0 bridgehead atoms. The van der Waals surface area contributed by atoms with Crippen molar-refractivity contribution in [3.05, 3.63) is 30.1 Å². The van der Waals surface area contributed by atoms with Crippen LogP contribution in [0.4, 0.5) is 14.9 Å². The number of imide groups is 2. The molecule has 144 valence electrons. The molecule has 2 aliphatic rings. The van der Waals surface area contributed by atoms with Crippen molar-refractivity contribution in [2.75, 3.05) is 44.3 Å². The van der Waals surface area contributed by atoms with Gasteiger partial charge in [0.15, 0.2) is 5.92 Å². The summed E-state index contributed by atoms with van der Waals surface area (Å²) in [5.41, 5.74) is -0.196. The maximum atomic E-state index is 14.0. The molecule has 1 aromatic rings. The lowest BCUT2D eigenvalue weighted by Gasteiger charge is -2.28. The first-order chi connectivity index (χ1) is 13.1. The number of nitrogens with zero attached hydrogens (tertiary/aromatic N) is 3. The fourth-order valence-corrected chi connectivity index (χ4v) is 2.97. The summed E-state index contributed by atoms with van der Waals surface area (Å²) < 4.78 is 19.2. The first-order valence-corrected chi connectivity index (χ1v) is 8.81. The van der Waals surface area contributed by atoms with Crippen LogP contribution < -0.4 is 10.2 Å². The SMILES string of the molecule is O=C1NC(=O)N(c2ccccc2F)C(=O)[C@H]1C=NCCCN1CCOCC1. The topological polar surface area (TPSA) is 91.3 Å². The Balaban J connectivity index is 1.60.